The summed E-state index contributed by atoms with van der Waals surface area (Å²) >= 11 is 0. The molecule has 1 aromatic heterocycles. The van der Waals surface area contributed by atoms with E-state index in [1.54, 1.807) is 24.3 Å². The fraction of sp³-hybridized carbons (Fsp3) is 0.0800. The summed E-state index contributed by atoms with van der Waals surface area (Å²) in [5.41, 5.74) is 2.93. The number of carbonyl (C=O) groups excluding carboxylic acids is 1. The number of aromatic hydroxyl groups is 1. The topological polar surface area (TPSA) is 88.1 Å². The molecule has 6 heteroatoms. The Labute approximate surface area is 179 Å². The molecule has 6 nitrogen and oxygen atoms in total. The lowest BCUT2D eigenvalue weighted by molar-refractivity contribution is 0.0918. The van der Waals surface area contributed by atoms with Gasteiger partial charge in [-0.05, 0) is 41.5 Å². The van der Waals surface area contributed by atoms with Gasteiger partial charge in [0.2, 0.25) is 5.91 Å². The zero-order valence-electron chi connectivity index (χ0n) is 16.8. The predicted octanol–water partition coefficient (Wildman–Crippen LogP) is 4.70. The zero-order valence-corrected chi connectivity index (χ0v) is 16.8. The fourth-order valence-corrected chi connectivity index (χ4v) is 3.42. The lowest BCUT2D eigenvalue weighted by Crippen LogP contribution is -2.16. The van der Waals surface area contributed by atoms with Crippen molar-refractivity contribution in [2.75, 3.05) is 7.11 Å². The zero-order chi connectivity index (χ0) is 21.8. The van der Waals surface area contributed by atoms with Crippen molar-refractivity contribution in [3.05, 3.63) is 89.7 Å². The minimum Gasteiger partial charge on any atom is -0.504 e. The van der Waals surface area contributed by atoms with Gasteiger partial charge in [0.1, 0.15) is 6.07 Å². The number of nitrogens with zero attached hydrogens (tertiary/aromatic N) is 3. The van der Waals surface area contributed by atoms with E-state index < -0.39 is 0 Å². The van der Waals surface area contributed by atoms with E-state index >= 15 is 0 Å². The number of ether oxygens (including phenoxy) is 1. The SMILES string of the molecule is COc1ccc(/C=C(\C#N)c2nc3ccccc3n2C(=O)Cc2ccccc2)cc1O. The van der Waals surface area contributed by atoms with E-state index in [9.17, 15) is 15.2 Å². The molecule has 0 spiro atoms. The minimum atomic E-state index is -0.186. The Balaban J connectivity index is 1.82. The molecule has 1 N–H and O–H groups in total. The predicted molar refractivity (Wildman–Crippen MR) is 119 cm³/mol. The molecular weight excluding hydrogens is 390 g/mol. The normalized spacial score (nSPS) is 11.3. The molecule has 0 radical (unpaired) electrons. The first kappa shape index (κ1) is 19.9. The number of phenols is 1. The Morgan fingerprint density at radius 1 is 1.13 bits per heavy atom. The van der Waals surface area contributed by atoms with Crippen LogP contribution in [0.1, 0.15) is 21.7 Å². The Bertz CT molecular complexity index is 1330. The van der Waals surface area contributed by atoms with Gasteiger partial charge in [-0.3, -0.25) is 9.36 Å². The van der Waals surface area contributed by atoms with E-state index in [1.807, 2.05) is 48.5 Å². The quantitative estimate of drug-likeness (QED) is 0.483. The highest BCUT2D eigenvalue weighted by Crippen LogP contribution is 2.29. The van der Waals surface area contributed by atoms with E-state index in [0.717, 1.165) is 5.56 Å². The molecule has 0 aliphatic rings. The average Bonchev–Trinajstić information content (AvgIpc) is 3.18. The molecule has 0 fully saturated rings. The molecule has 4 aromatic rings. The summed E-state index contributed by atoms with van der Waals surface area (Å²) in [7, 11) is 1.46. The number of phenolic OH excluding ortho intramolecular Hbond substituents is 1. The summed E-state index contributed by atoms with van der Waals surface area (Å²) in [5, 5.41) is 19.9. The molecule has 0 bridgehead atoms. The highest BCUT2D eigenvalue weighted by atomic mass is 16.5. The van der Waals surface area contributed by atoms with Gasteiger partial charge in [0.05, 0.1) is 30.1 Å². The number of hydrogen-bond donors (Lipinski definition) is 1. The summed E-state index contributed by atoms with van der Waals surface area (Å²) in [6, 6.07) is 23.7. The number of rotatable bonds is 5. The maximum Gasteiger partial charge on any atom is 0.237 e. The number of imidazole rings is 1. The Kier molecular flexibility index (Phi) is 5.50. The third-order valence-electron chi connectivity index (χ3n) is 4.88. The van der Waals surface area contributed by atoms with Crippen LogP contribution in [0.15, 0.2) is 72.8 Å². The second-order valence-electron chi connectivity index (χ2n) is 6.92. The Morgan fingerprint density at radius 3 is 2.58 bits per heavy atom. The summed E-state index contributed by atoms with van der Waals surface area (Å²) in [4.78, 5) is 17.8. The van der Waals surface area contributed by atoms with E-state index in [2.05, 4.69) is 11.1 Å². The van der Waals surface area contributed by atoms with Crippen LogP contribution in [-0.2, 0) is 6.42 Å². The van der Waals surface area contributed by atoms with Gasteiger partial charge in [-0.2, -0.15) is 5.26 Å². The minimum absolute atomic E-state index is 0.0396. The number of para-hydroxylation sites is 2. The van der Waals surface area contributed by atoms with E-state index in [-0.39, 0.29) is 29.5 Å². The molecule has 0 aliphatic carbocycles. The van der Waals surface area contributed by atoms with Crippen molar-refractivity contribution in [3.8, 4) is 17.6 Å². The monoisotopic (exact) mass is 409 g/mol. The Hall–Kier alpha value is -4.37. The molecular formula is C25H19N3O3. The third-order valence-corrected chi connectivity index (χ3v) is 4.88. The maximum atomic E-state index is 13.3. The number of benzene rings is 3. The van der Waals surface area contributed by atoms with Gasteiger partial charge in [0.15, 0.2) is 17.3 Å². The molecule has 0 saturated carbocycles. The van der Waals surface area contributed by atoms with Crippen LogP contribution in [-0.4, -0.2) is 27.7 Å². The van der Waals surface area contributed by atoms with Crippen molar-refractivity contribution in [1.29, 1.82) is 5.26 Å². The second-order valence-corrected chi connectivity index (χ2v) is 6.92. The number of methoxy groups -OCH3 is 1. The standard InChI is InChI=1S/C25H19N3O3/c1-31-23-12-11-18(14-22(23)29)13-19(16-26)25-27-20-9-5-6-10-21(20)28(25)24(30)15-17-7-3-2-4-8-17/h2-14,29H,15H2,1H3/b19-13+. The van der Waals surface area contributed by atoms with Crippen LogP contribution in [0.5, 0.6) is 11.5 Å². The van der Waals surface area contributed by atoms with Crippen LogP contribution in [0.3, 0.4) is 0 Å². The van der Waals surface area contributed by atoms with Crippen molar-refractivity contribution < 1.29 is 14.6 Å². The van der Waals surface area contributed by atoms with Crippen molar-refractivity contribution in [3.63, 3.8) is 0 Å². The van der Waals surface area contributed by atoms with Gasteiger partial charge in [-0.1, -0.05) is 48.5 Å². The van der Waals surface area contributed by atoms with Crippen molar-refractivity contribution in [1.82, 2.24) is 9.55 Å². The highest BCUT2D eigenvalue weighted by molar-refractivity contribution is 5.99. The van der Waals surface area contributed by atoms with E-state index in [0.29, 0.717) is 22.3 Å². The van der Waals surface area contributed by atoms with Crippen molar-refractivity contribution in [2.45, 2.75) is 6.42 Å². The molecule has 0 atom stereocenters. The van der Waals surface area contributed by atoms with Gasteiger partial charge in [0, 0.05) is 0 Å². The first-order valence-corrected chi connectivity index (χ1v) is 9.64. The Morgan fingerprint density at radius 2 is 1.87 bits per heavy atom. The number of nitriles is 1. The van der Waals surface area contributed by atoms with Crippen molar-refractivity contribution in [2.24, 2.45) is 0 Å². The molecule has 1 heterocycles. The van der Waals surface area contributed by atoms with Crippen LogP contribution in [0.4, 0.5) is 0 Å². The number of carbonyl (C=O) groups is 1. The molecule has 0 aliphatic heterocycles. The van der Waals surface area contributed by atoms with Crippen LogP contribution >= 0.6 is 0 Å². The molecule has 3 aromatic carbocycles. The average molecular weight is 409 g/mol. The maximum absolute atomic E-state index is 13.3. The van der Waals surface area contributed by atoms with Gasteiger partial charge < -0.3 is 9.84 Å². The molecule has 31 heavy (non-hydrogen) atoms. The van der Waals surface area contributed by atoms with E-state index in [1.165, 1.54) is 17.7 Å². The molecule has 0 unspecified atom stereocenters. The van der Waals surface area contributed by atoms with Gasteiger partial charge in [-0.25, -0.2) is 4.98 Å². The largest absolute Gasteiger partial charge is 0.504 e. The molecule has 4 rings (SSSR count). The molecule has 152 valence electrons. The summed E-state index contributed by atoms with van der Waals surface area (Å²) in [6.07, 6.45) is 1.77. The van der Waals surface area contributed by atoms with Crippen molar-refractivity contribution >= 4 is 28.6 Å². The highest BCUT2D eigenvalue weighted by Gasteiger charge is 2.20. The van der Waals surface area contributed by atoms with Crippen LogP contribution in [0, 0.1) is 11.3 Å². The smallest absolute Gasteiger partial charge is 0.237 e. The second kappa shape index (κ2) is 8.56. The first-order chi connectivity index (χ1) is 15.1. The van der Waals surface area contributed by atoms with E-state index in [4.69, 9.17) is 4.74 Å². The molecule has 0 amide bonds. The van der Waals surface area contributed by atoms with Crippen LogP contribution in [0.2, 0.25) is 0 Å². The number of fused-ring (bicyclic) bond motifs is 1. The lowest BCUT2D eigenvalue weighted by Gasteiger charge is -2.08. The number of hydrogen-bond acceptors (Lipinski definition) is 5. The fourth-order valence-electron chi connectivity index (χ4n) is 3.42. The van der Waals surface area contributed by atoms with Crippen LogP contribution in [0.25, 0.3) is 22.7 Å². The van der Waals surface area contributed by atoms with Crippen LogP contribution < -0.4 is 4.74 Å². The summed E-state index contributed by atoms with van der Waals surface area (Å²) in [6.45, 7) is 0. The number of allylic oxidation sites excluding steroid dienone is 1. The van der Waals surface area contributed by atoms with Gasteiger partial charge in [0.25, 0.3) is 0 Å². The van der Waals surface area contributed by atoms with Gasteiger partial charge in [-0.15, -0.1) is 0 Å². The lowest BCUT2D eigenvalue weighted by atomic mass is 10.1. The van der Waals surface area contributed by atoms with Gasteiger partial charge >= 0.3 is 0 Å². The first-order valence-electron chi connectivity index (χ1n) is 9.64. The molecule has 0 saturated heterocycles. The summed E-state index contributed by atoms with van der Waals surface area (Å²) < 4.78 is 6.55. The third kappa shape index (κ3) is 4.02. The number of aromatic nitrogens is 2. The summed E-state index contributed by atoms with van der Waals surface area (Å²) in [5.74, 6) is 0.372.